The number of rotatable bonds is 37. The number of phosphoric ester groups is 2. The maximum atomic E-state index is 12.9. The topological polar surface area (TPSA) is 282 Å². The maximum Gasteiger partial charge on any atom is 0.472 e. The van der Waals surface area contributed by atoms with E-state index in [0.717, 1.165) is 64.3 Å². The second kappa shape index (κ2) is 32.6. The van der Waals surface area contributed by atoms with Crippen molar-refractivity contribution in [3.05, 3.63) is 0 Å². The molecule has 0 radical (unpaired) electrons. The first-order valence-corrected chi connectivity index (χ1v) is 24.8. The van der Waals surface area contributed by atoms with E-state index in [4.69, 9.17) is 34.0 Å². The van der Waals surface area contributed by atoms with Gasteiger partial charge < -0.3 is 50.3 Å². The Morgan fingerprint density at radius 3 is 1.36 bits per heavy atom. The number of hydrogen-bond acceptors (Lipinski definition) is 14. The van der Waals surface area contributed by atoms with E-state index in [1.807, 2.05) is 0 Å². The van der Waals surface area contributed by atoms with Crippen molar-refractivity contribution in [2.45, 2.75) is 217 Å². The van der Waals surface area contributed by atoms with Gasteiger partial charge in [0, 0.05) is 12.8 Å². The molecule has 0 saturated heterocycles. The van der Waals surface area contributed by atoms with Crippen molar-refractivity contribution in [3.63, 3.8) is 0 Å². The summed E-state index contributed by atoms with van der Waals surface area (Å²) >= 11 is 0. The third-order valence-corrected chi connectivity index (χ3v) is 11.8. The van der Waals surface area contributed by atoms with E-state index >= 15 is 0 Å². The molecule has 1 saturated carbocycles. The molecule has 19 heteroatoms. The van der Waals surface area contributed by atoms with Gasteiger partial charge in [0.15, 0.2) is 6.10 Å². The van der Waals surface area contributed by atoms with E-state index in [-0.39, 0.29) is 12.8 Å². The average Bonchev–Trinajstić information content (AvgIpc) is 3.17. The van der Waals surface area contributed by atoms with Crippen molar-refractivity contribution < 1.29 is 76.9 Å². The van der Waals surface area contributed by atoms with Crippen LogP contribution in [0.1, 0.15) is 174 Å². The van der Waals surface area contributed by atoms with Crippen LogP contribution in [-0.4, -0.2) is 110 Å². The molecule has 0 aromatic carbocycles. The van der Waals surface area contributed by atoms with E-state index in [9.17, 15) is 44.0 Å². The standard InChI is InChI=1S/C39H77NO16P2/c1-2-3-4-5-6-7-8-9-11-15-18-21-24-27-33(42)54-31(29-52-32(41)26-23-20-17-14-12-10-13-16-19-22-25-28-40)30-53-58(50,51)56-39-36(45)34(43)35(44)38(37(39)46)55-57(47,48)49/h31,34-39,43-46H,2-30,40H2,1H3,(H,50,51)(H2,47,48,49)/t31-,34+,35?,36+,37?,38-,39?/m1/s1. The lowest BCUT2D eigenvalue weighted by molar-refractivity contribution is -0.216. The quantitative estimate of drug-likeness (QED) is 0.0202. The molecule has 1 fully saturated rings. The van der Waals surface area contributed by atoms with Crippen LogP contribution >= 0.6 is 15.6 Å². The van der Waals surface area contributed by atoms with Crippen LogP contribution < -0.4 is 5.73 Å². The van der Waals surface area contributed by atoms with Gasteiger partial charge in [0.1, 0.15) is 43.2 Å². The molecule has 8 atom stereocenters. The van der Waals surface area contributed by atoms with Gasteiger partial charge in [0.25, 0.3) is 0 Å². The molecule has 0 aromatic heterocycles. The van der Waals surface area contributed by atoms with Crippen molar-refractivity contribution >= 4 is 27.6 Å². The number of phosphoric acid groups is 2. The summed E-state index contributed by atoms with van der Waals surface area (Å²) in [4.78, 5) is 54.0. The molecule has 344 valence electrons. The minimum absolute atomic E-state index is 0.0470. The van der Waals surface area contributed by atoms with Gasteiger partial charge in [-0.2, -0.15) is 0 Å². The number of nitrogens with two attached hydrogens (primary N) is 1. The number of ether oxygens (including phenoxy) is 2. The largest absolute Gasteiger partial charge is 0.472 e. The molecule has 0 spiro atoms. The zero-order valence-electron chi connectivity index (χ0n) is 34.8. The van der Waals surface area contributed by atoms with Crippen molar-refractivity contribution in [3.8, 4) is 0 Å². The van der Waals surface area contributed by atoms with Gasteiger partial charge >= 0.3 is 27.6 Å². The molecule has 4 unspecified atom stereocenters. The Bertz CT molecular complexity index is 1160. The van der Waals surface area contributed by atoms with Gasteiger partial charge in [-0.25, -0.2) is 9.13 Å². The normalized spacial score (nSPS) is 22.7. The molecule has 0 amide bonds. The minimum Gasteiger partial charge on any atom is -0.462 e. The highest BCUT2D eigenvalue weighted by atomic mass is 31.2. The molecular formula is C39H77NO16P2. The van der Waals surface area contributed by atoms with Crippen molar-refractivity contribution in [2.75, 3.05) is 19.8 Å². The molecular weight excluding hydrogens is 800 g/mol. The van der Waals surface area contributed by atoms with Gasteiger partial charge in [0.05, 0.1) is 6.61 Å². The Hall–Kier alpha value is -1.04. The Morgan fingerprint density at radius 2 is 0.931 bits per heavy atom. The SMILES string of the molecule is CCCCCCCCCCCCCCCC(=O)O[C@H](COC(=O)CCCCCCCCCCCCCN)COP(=O)(O)OC1C(O)[C@H](OP(=O)(O)O)C(O)[C@H](O)[C@@H]1O. The van der Waals surface area contributed by atoms with E-state index in [1.165, 1.54) is 83.5 Å². The lowest BCUT2D eigenvalue weighted by Crippen LogP contribution is -2.64. The molecule has 17 nitrogen and oxygen atoms in total. The van der Waals surface area contributed by atoms with Crippen molar-refractivity contribution in [1.82, 2.24) is 0 Å². The molecule has 0 heterocycles. The van der Waals surface area contributed by atoms with Gasteiger partial charge in [-0.3, -0.25) is 23.2 Å². The molecule has 1 rings (SSSR count). The van der Waals surface area contributed by atoms with Gasteiger partial charge in [-0.15, -0.1) is 0 Å². The second-order valence-electron chi connectivity index (χ2n) is 15.6. The Balaban J connectivity index is 2.63. The second-order valence-corrected chi connectivity index (χ2v) is 18.2. The summed E-state index contributed by atoms with van der Waals surface area (Å²) in [5, 5.41) is 41.1. The molecule has 0 aromatic rings. The molecule has 58 heavy (non-hydrogen) atoms. The molecule has 0 bridgehead atoms. The van der Waals surface area contributed by atoms with Crippen molar-refractivity contribution in [1.29, 1.82) is 0 Å². The first-order valence-electron chi connectivity index (χ1n) is 21.8. The average molecular weight is 878 g/mol. The third-order valence-electron chi connectivity index (χ3n) is 10.3. The third kappa shape index (κ3) is 27.0. The Labute approximate surface area is 345 Å². The van der Waals surface area contributed by atoms with Gasteiger partial charge in [-0.1, -0.05) is 142 Å². The van der Waals surface area contributed by atoms with Crippen LogP contribution in [0.4, 0.5) is 0 Å². The zero-order valence-corrected chi connectivity index (χ0v) is 36.6. The van der Waals surface area contributed by atoms with E-state index in [1.54, 1.807) is 0 Å². The number of carbonyl (C=O) groups is 2. The summed E-state index contributed by atoms with van der Waals surface area (Å²) in [6, 6.07) is 0. The summed E-state index contributed by atoms with van der Waals surface area (Å²) in [7, 11) is -10.7. The molecule has 0 aliphatic heterocycles. The van der Waals surface area contributed by atoms with Crippen LogP contribution in [0.2, 0.25) is 0 Å². The Kier molecular flexibility index (Phi) is 30.9. The highest BCUT2D eigenvalue weighted by Crippen LogP contribution is 2.49. The van der Waals surface area contributed by atoms with Crippen LogP contribution in [-0.2, 0) is 41.8 Å². The summed E-state index contributed by atoms with van der Waals surface area (Å²) in [5.41, 5.74) is 5.53. The fourth-order valence-electron chi connectivity index (χ4n) is 6.86. The fraction of sp³-hybridized carbons (Fsp3) is 0.949. The lowest BCUT2D eigenvalue weighted by atomic mass is 9.85. The number of hydrogen-bond donors (Lipinski definition) is 8. The summed E-state index contributed by atoms with van der Waals surface area (Å²) in [5.74, 6) is -1.21. The van der Waals surface area contributed by atoms with E-state index in [0.29, 0.717) is 12.8 Å². The fourth-order valence-corrected chi connectivity index (χ4v) is 8.40. The van der Waals surface area contributed by atoms with E-state index in [2.05, 4.69) is 11.4 Å². The van der Waals surface area contributed by atoms with Crippen LogP contribution in [0.3, 0.4) is 0 Å². The maximum absolute atomic E-state index is 12.9. The number of aliphatic hydroxyl groups is 4. The van der Waals surface area contributed by atoms with E-state index < -0.39 is 83.5 Å². The predicted octanol–water partition coefficient (Wildman–Crippen LogP) is 6.00. The van der Waals surface area contributed by atoms with Crippen LogP contribution in [0.15, 0.2) is 0 Å². The van der Waals surface area contributed by atoms with Crippen LogP contribution in [0.5, 0.6) is 0 Å². The number of esters is 2. The van der Waals surface area contributed by atoms with Gasteiger partial charge in [0.2, 0.25) is 0 Å². The van der Waals surface area contributed by atoms with Gasteiger partial charge in [-0.05, 0) is 25.8 Å². The summed E-state index contributed by atoms with van der Waals surface area (Å²) in [6.45, 7) is 1.61. The highest BCUT2D eigenvalue weighted by molar-refractivity contribution is 7.47. The highest BCUT2D eigenvalue weighted by Gasteiger charge is 2.54. The summed E-state index contributed by atoms with van der Waals surface area (Å²) < 4.78 is 49.2. The number of unbranched alkanes of at least 4 members (excludes halogenated alkanes) is 22. The first-order chi connectivity index (χ1) is 27.6. The van der Waals surface area contributed by atoms with Crippen molar-refractivity contribution in [2.24, 2.45) is 5.73 Å². The van der Waals surface area contributed by atoms with Crippen LogP contribution in [0.25, 0.3) is 0 Å². The predicted molar refractivity (Wildman–Crippen MR) is 217 cm³/mol. The monoisotopic (exact) mass is 877 g/mol. The molecule has 1 aliphatic rings. The lowest BCUT2D eigenvalue weighted by Gasteiger charge is -2.43. The number of aliphatic hydroxyl groups excluding tert-OH is 4. The smallest absolute Gasteiger partial charge is 0.462 e. The number of carbonyl (C=O) groups excluding carboxylic acids is 2. The Morgan fingerprint density at radius 1 is 0.534 bits per heavy atom. The van der Waals surface area contributed by atoms with Crippen LogP contribution in [0, 0.1) is 0 Å². The summed E-state index contributed by atoms with van der Waals surface area (Å²) in [6.07, 6.45) is 11.7. The minimum atomic E-state index is -5.36. The molecule has 9 N–H and O–H groups in total. The molecule has 1 aliphatic carbocycles. The first kappa shape index (κ1) is 55.0. The zero-order chi connectivity index (χ0) is 43.2.